The Morgan fingerprint density at radius 1 is 1.35 bits per heavy atom. The third-order valence-corrected chi connectivity index (χ3v) is 4.71. The monoisotopic (exact) mass is 261 g/mol. The van der Waals surface area contributed by atoms with E-state index in [0.29, 0.717) is 5.76 Å². The first-order chi connectivity index (χ1) is 8.01. The Morgan fingerprint density at radius 2 is 2.00 bits per heavy atom. The maximum atomic E-state index is 10.1. The SMILES string of the molecule is CC1O[P+](O)(C(O)OC2=CCCC=C2)OC1C. The average Bonchev–Trinajstić information content (AvgIpc) is 2.55. The minimum absolute atomic E-state index is 0.248. The van der Waals surface area contributed by atoms with Crippen molar-refractivity contribution >= 4 is 7.94 Å². The summed E-state index contributed by atoms with van der Waals surface area (Å²) in [4.78, 5) is 10.1. The molecule has 2 rings (SSSR count). The number of aliphatic hydroxyl groups is 1. The first kappa shape index (κ1) is 13.0. The second kappa shape index (κ2) is 5.04. The van der Waals surface area contributed by atoms with Gasteiger partial charge in [-0.2, -0.15) is 13.9 Å². The van der Waals surface area contributed by atoms with Crippen LogP contribution in [0.15, 0.2) is 24.0 Å². The number of ether oxygens (including phenoxy) is 1. The summed E-state index contributed by atoms with van der Waals surface area (Å²) in [5.74, 6) is 0.539. The van der Waals surface area contributed by atoms with Crippen LogP contribution in [0.5, 0.6) is 0 Å². The Hall–Kier alpha value is -0.450. The van der Waals surface area contributed by atoms with Crippen molar-refractivity contribution in [2.24, 2.45) is 0 Å². The molecule has 0 radical (unpaired) electrons. The molecule has 2 aliphatic rings. The zero-order valence-corrected chi connectivity index (χ0v) is 10.8. The first-order valence-corrected chi connectivity index (χ1v) is 7.35. The van der Waals surface area contributed by atoms with E-state index in [2.05, 4.69) is 0 Å². The third kappa shape index (κ3) is 2.87. The van der Waals surface area contributed by atoms with Crippen molar-refractivity contribution in [3.05, 3.63) is 24.0 Å². The summed E-state index contributed by atoms with van der Waals surface area (Å²) in [5.41, 5.74) is 0. The fourth-order valence-electron chi connectivity index (χ4n) is 1.64. The number of hydrogen-bond acceptors (Lipinski definition) is 5. The summed E-state index contributed by atoms with van der Waals surface area (Å²) in [6, 6.07) is -1.45. The van der Waals surface area contributed by atoms with E-state index in [1.54, 1.807) is 19.9 Å². The molecular weight excluding hydrogens is 243 g/mol. The highest BCUT2D eigenvalue weighted by molar-refractivity contribution is 7.61. The molecule has 3 unspecified atom stereocenters. The van der Waals surface area contributed by atoms with Gasteiger partial charge in [0.25, 0.3) is 0 Å². The van der Waals surface area contributed by atoms with Crippen LogP contribution >= 0.6 is 7.94 Å². The lowest BCUT2D eigenvalue weighted by molar-refractivity contribution is -0.0242. The molecule has 96 valence electrons. The molecule has 0 amide bonds. The minimum atomic E-state index is -3.33. The number of hydrogen-bond donors (Lipinski definition) is 2. The number of allylic oxidation sites excluding steroid dienone is 3. The Balaban J connectivity index is 1.98. The van der Waals surface area contributed by atoms with Gasteiger partial charge >= 0.3 is 14.0 Å². The topological polar surface area (TPSA) is 68.2 Å². The third-order valence-electron chi connectivity index (χ3n) is 2.78. The smallest absolute Gasteiger partial charge is 0.428 e. The van der Waals surface area contributed by atoms with Gasteiger partial charge in [0.05, 0.1) is 0 Å². The van der Waals surface area contributed by atoms with Crippen LogP contribution < -0.4 is 0 Å². The molecule has 2 N–H and O–H groups in total. The summed E-state index contributed by atoms with van der Waals surface area (Å²) >= 11 is 0. The first-order valence-electron chi connectivity index (χ1n) is 5.71. The van der Waals surface area contributed by atoms with Crippen LogP contribution in [0, 0.1) is 0 Å². The second-order valence-corrected chi connectivity index (χ2v) is 6.21. The Labute approximate surface area is 101 Å². The Morgan fingerprint density at radius 3 is 2.53 bits per heavy atom. The molecule has 5 nitrogen and oxygen atoms in total. The van der Waals surface area contributed by atoms with Crippen LogP contribution in [0.2, 0.25) is 0 Å². The molecule has 6 heteroatoms. The van der Waals surface area contributed by atoms with Crippen molar-refractivity contribution in [2.75, 3.05) is 0 Å². The van der Waals surface area contributed by atoms with Gasteiger partial charge in [0.2, 0.25) is 0 Å². The molecule has 17 heavy (non-hydrogen) atoms. The predicted octanol–water partition coefficient (Wildman–Crippen LogP) is 2.09. The van der Waals surface area contributed by atoms with Crippen molar-refractivity contribution in [3.8, 4) is 0 Å². The average molecular weight is 261 g/mol. The van der Waals surface area contributed by atoms with E-state index in [-0.39, 0.29) is 12.2 Å². The fraction of sp³-hybridized carbons (Fsp3) is 0.636. The van der Waals surface area contributed by atoms with Gasteiger partial charge in [0, 0.05) is 0 Å². The summed E-state index contributed by atoms with van der Waals surface area (Å²) in [6.07, 6.45) is 6.91. The fourth-order valence-corrected chi connectivity index (χ4v) is 3.45. The molecule has 0 aromatic heterocycles. The van der Waals surface area contributed by atoms with E-state index >= 15 is 0 Å². The Kier molecular flexibility index (Phi) is 3.85. The lowest BCUT2D eigenvalue weighted by Crippen LogP contribution is -2.17. The molecular formula is C11H18O5P+. The van der Waals surface area contributed by atoms with E-state index in [0.717, 1.165) is 12.8 Å². The highest BCUT2D eigenvalue weighted by Crippen LogP contribution is 2.67. The summed E-state index contributed by atoms with van der Waals surface area (Å²) in [6.45, 7) is 3.57. The van der Waals surface area contributed by atoms with Gasteiger partial charge in [0.15, 0.2) is 0 Å². The van der Waals surface area contributed by atoms with Gasteiger partial charge < -0.3 is 9.84 Å². The zero-order chi connectivity index (χ0) is 12.5. The molecule has 0 saturated carbocycles. The van der Waals surface area contributed by atoms with Gasteiger partial charge in [-0.1, -0.05) is 6.08 Å². The van der Waals surface area contributed by atoms with Crippen molar-refractivity contribution in [1.82, 2.24) is 0 Å². The van der Waals surface area contributed by atoms with Crippen LogP contribution in [-0.2, 0) is 13.8 Å². The van der Waals surface area contributed by atoms with E-state index in [1.807, 2.05) is 12.2 Å². The van der Waals surface area contributed by atoms with Crippen LogP contribution in [-0.4, -0.2) is 28.2 Å². The molecule has 1 aliphatic heterocycles. The van der Waals surface area contributed by atoms with Gasteiger partial charge in [-0.05, 0) is 38.8 Å². The van der Waals surface area contributed by atoms with Crippen molar-refractivity contribution < 1.29 is 23.8 Å². The van der Waals surface area contributed by atoms with E-state index < -0.39 is 14.0 Å². The Bertz CT molecular complexity index is 331. The molecule has 1 saturated heterocycles. The lowest BCUT2D eigenvalue weighted by atomic mass is 10.2. The molecule has 0 aromatic carbocycles. The van der Waals surface area contributed by atoms with Crippen molar-refractivity contribution in [2.45, 2.75) is 44.9 Å². The van der Waals surface area contributed by atoms with Gasteiger partial charge in [0.1, 0.15) is 18.0 Å². The normalized spacial score (nSPS) is 38.9. The summed E-state index contributed by atoms with van der Waals surface area (Å²) < 4.78 is 15.8. The molecule has 0 aromatic rings. The highest BCUT2D eigenvalue weighted by atomic mass is 31.2. The number of aliphatic hydroxyl groups excluding tert-OH is 1. The molecule has 3 atom stereocenters. The van der Waals surface area contributed by atoms with Crippen molar-refractivity contribution in [3.63, 3.8) is 0 Å². The highest BCUT2D eigenvalue weighted by Gasteiger charge is 2.61. The maximum Gasteiger partial charge on any atom is 0.485 e. The molecule has 1 heterocycles. The maximum absolute atomic E-state index is 10.1. The van der Waals surface area contributed by atoms with E-state index in [9.17, 15) is 10.00 Å². The molecule has 1 fully saturated rings. The molecule has 0 bridgehead atoms. The second-order valence-electron chi connectivity index (χ2n) is 4.22. The van der Waals surface area contributed by atoms with Gasteiger partial charge in [-0.3, -0.25) is 0 Å². The summed E-state index contributed by atoms with van der Waals surface area (Å²) in [7, 11) is -3.33. The standard InChI is InChI=1S/C11H18O5P/c1-8-9(2)16-17(13,15-8)11(12)14-10-6-4-3-5-7-10/h4,6-9,11-13H,3,5H2,1-2H3/q+1. The van der Waals surface area contributed by atoms with Crippen LogP contribution in [0.4, 0.5) is 0 Å². The largest absolute Gasteiger partial charge is 0.485 e. The van der Waals surface area contributed by atoms with Gasteiger partial charge in [-0.25, -0.2) is 0 Å². The van der Waals surface area contributed by atoms with Crippen LogP contribution in [0.1, 0.15) is 26.7 Å². The lowest BCUT2D eigenvalue weighted by Gasteiger charge is -2.18. The van der Waals surface area contributed by atoms with Crippen LogP contribution in [0.25, 0.3) is 0 Å². The van der Waals surface area contributed by atoms with E-state index in [4.69, 9.17) is 13.8 Å². The van der Waals surface area contributed by atoms with E-state index in [1.165, 1.54) is 0 Å². The molecule has 1 aliphatic carbocycles. The zero-order valence-electron chi connectivity index (χ0n) is 9.94. The predicted molar refractivity (Wildman–Crippen MR) is 63.8 cm³/mol. The summed E-state index contributed by atoms with van der Waals surface area (Å²) in [5, 5.41) is 9.85. The van der Waals surface area contributed by atoms with Crippen LogP contribution in [0.3, 0.4) is 0 Å². The van der Waals surface area contributed by atoms with Crippen molar-refractivity contribution in [1.29, 1.82) is 0 Å². The quantitative estimate of drug-likeness (QED) is 0.601. The molecule has 0 spiro atoms. The minimum Gasteiger partial charge on any atom is -0.428 e. The number of rotatable bonds is 3. The van der Waals surface area contributed by atoms with Gasteiger partial charge in [-0.15, -0.1) is 0 Å².